The zero-order valence-electron chi connectivity index (χ0n) is 15.1. The van der Waals surface area contributed by atoms with Crippen molar-refractivity contribution in [2.24, 2.45) is 0 Å². The van der Waals surface area contributed by atoms with Gasteiger partial charge >= 0.3 is 0 Å². The molecule has 138 valence electrons. The lowest BCUT2D eigenvalue weighted by Crippen LogP contribution is -2.14. The zero-order chi connectivity index (χ0) is 19.1. The second-order valence-electron chi connectivity index (χ2n) is 7.02. The van der Waals surface area contributed by atoms with Crippen LogP contribution in [0.1, 0.15) is 16.7 Å². The van der Waals surface area contributed by atoms with Crippen LogP contribution >= 0.6 is 0 Å². The Balaban J connectivity index is 1.32. The van der Waals surface area contributed by atoms with Gasteiger partial charge in [0.05, 0.1) is 5.57 Å². The van der Waals surface area contributed by atoms with Gasteiger partial charge in [0.1, 0.15) is 5.82 Å². The van der Waals surface area contributed by atoms with Crippen LogP contribution in [0.3, 0.4) is 0 Å². The fourth-order valence-corrected chi connectivity index (χ4v) is 3.74. The molecule has 0 fully saturated rings. The van der Waals surface area contributed by atoms with E-state index in [2.05, 4.69) is 51.9 Å². The lowest BCUT2D eigenvalue weighted by molar-refractivity contribution is -0.110. The van der Waals surface area contributed by atoms with E-state index >= 15 is 0 Å². The number of halogens is 1. The van der Waals surface area contributed by atoms with Crippen molar-refractivity contribution in [1.29, 1.82) is 0 Å². The Kier molecular flexibility index (Phi) is 3.86. The molecule has 3 aromatic carbocycles. The average molecular weight is 371 g/mol. The molecule has 2 aliphatic rings. The summed E-state index contributed by atoms with van der Waals surface area (Å²) in [6.07, 6.45) is 1.63. The summed E-state index contributed by atoms with van der Waals surface area (Å²) in [5.41, 5.74) is 6.38. The highest BCUT2D eigenvalue weighted by molar-refractivity contribution is 6.31. The first-order valence-corrected chi connectivity index (χ1v) is 9.17. The number of carbonyl (C=O) groups excluding carboxylic acids is 1. The SMILES string of the molecule is O=C1Nc2ccc(F)cc2C1=CNc1ccc(N2Cc3ccccc3C2)cc1. The van der Waals surface area contributed by atoms with Crippen LogP contribution in [0.25, 0.3) is 5.57 Å². The van der Waals surface area contributed by atoms with E-state index in [0.717, 1.165) is 24.5 Å². The number of hydrogen-bond donors (Lipinski definition) is 2. The fraction of sp³-hybridized carbons (Fsp3) is 0.0870. The molecule has 0 bridgehead atoms. The van der Waals surface area contributed by atoms with Gasteiger partial charge in [-0.2, -0.15) is 0 Å². The average Bonchev–Trinajstić information content (AvgIpc) is 3.27. The van der Waals surface area contributed by atoms with Gasteiger partial charge in [-0.3, -0.25) is 4.79 Å². The number of hydrogen-bond acceptors (Lipinski definition) is 3. The van der Waals surface area contributed by atoms with Crippen molar-refractivity contribution >= 4 is 28.5 Å². The van der Waals surface area contributed by atoms with Crippen molar-refractivity contribution in [3.63, 3.8) is 0 Å². The molecule has 0 aromatic heterocycles. The first-order chi connectivity index (χ1) is 13.7. The zero-order valence-corrected chi connectivity index (χ0v) is 15.1. The molecule has 5 heteroatoms. The van der Waals surface area contributed by atoms with Gasteiger partial charge in [0.15, 0.2) is 0 Å². The topological polar surface area (TPSA) is 44.4 Å². The third-order valence-corrected chi connectivity index (χ3v) is 5.22. The molecule has 5 rings (SSSR count). The standard InChI is InChI=1S/C23H18FN3O/c24-17-5-10-22-20(11-17)21(23(28)26-22)12-25-18-6-8-19(9-7-18)27-13-15-3-1-2-4-16(15)14-27/h1-12,25H,13-14H2,(H,26,28). The van der Waals surface area contributed by atoms with Crippen molar-refractivity contribution < 1.29 is 9.18 Å². The minimum absolute atomic E-state index is 0.237. The molecule has 2 heterocycles. The minimum Gasteiger partial charge on any atom is -0.363 e. The van der Waals surface area contributed by atoms with Gasteiger partial charge < -0.3 is 15.5 Å². The van der Waals surface area contributed by atoms with Crippen molar-refractivity contribution in [3.05, 3.63) is 95.4 Å². The summed E-state index contributed by atoms with van der Waals surface area (Å²) >= 11 is 0. The van der Waals surface area contributed by atoms with E-state index in [4.69, 9.17) is 0 Å². The summed E-state index contributed by atoms with van der Waals surface area (Å²) in [7, 11) is 0. The summed E-state index contributed by atoms with van der Waals surface area (Å²) in [6.45, 7) is 1.82. The van der Waals surface area contributed by atoms with E-state index in [0.29, 0.717) is 16.8 Å². The van der Waals surface area contributed by atoms with Gasteiger partial charge in [0.25, 0.3) is 5.91 Å². The molecular formula is C23H18FN3O. The summed E-state index contributed by atoms with van der Waals surface area (Å²) in [5.74, 6) is -0.600. The van der Waals surface area contributed by atoms with Crippen LogP contribution in [-0.4, -0.2) is 5.91 Å². The predicted octanol–water partition coefficient (Wildman–Crippen LogP) is 4.75. The maximum Gasteiger partial charge on any atom is 0.257 e. The van der Waals surface area contributed by atoms with E-state index in [1.165, 1.54) is 23.3 Å². The lowest BCUT2D eigenvalue weighted by Gasteiger charge is -2.18. The molecule has 3 aromatic rings. The van der Waals surface area contributed by atoms with Crippen molar-refractivity contribution in [2.45, 2.75) is 13.1 Å². The number of anilines is 3. The second kappa shape index (κ2) is 6.53. The van der Waals surface area contributed by atoms with Crippen LogP contribution in [0.15, 0.2) is 72.9 Å². The van der Waals surface area contributed by atoms with Gasteiger partial charge in [0, 0.05) is 41.9 Å². The Hall–Kier alpha value is -3.60. The number of rotatable bonds is 3. The monoisotopic (exact) mass is 371 g/mol. The van der Waals surface area contributed by atoms with Crippen LogP contribution in [0.5, 0.6) is 0 Å². The summed E-state index contributed by atoms with van der Waals surface area (Å²) in [6, 6.07) is 20.9. The number of benzene rings is 3. The van der Waals surface area contributed by atoms with Gasteiger partial charge in [-0.05, 0) is 53.6 Å². The molecule has 0 aliphatic carbocycles. The molecule has 28 heavy (non-hydrogen) atoms. The van der Waals surface area contributed by atoms with E-state index in [1.807, 2.05) is 12.1 Å². The maximum atomic E-state index is 13.5. The lowest BCUT2D eigenvalue weighted by atomic mass is 10.1. The minimum atomic E-state index is -0.364. The highest BCUT2D eigenvalue weighted by Gasteiger charge is 2.24. The molecule has 0 saturated carbocycles. The van der Waals surface area contributed by atoms with Crippen LogP contribution < -0.4 is 15.5 Å². The number of nitrogens with one attached hydrogen (secondary N) is 2. The van der Waals surface area contributed by atoms with Crippen molar-refractivity contribution in [1.82, 2.24) is 0 Å². The van der Waals surface area contributed by atoms with Crippen LogP contribution in [-0.2, 0) is 17.9 Å². The Morgan fingerprint density at radius 1 is 0.964 bits per heavy atom. The van der Waals surface area contributed by atoms with Gasteiger partial charge in [-0.25, -0.2) is 4.39 Å². The molecule has 2 aliphatic heterocycles. The molecular weight excluding hydrogens is 353 g/mol. The Morgan fingerprint density at radius 2 is 1.68 bits per heavy atom. The van der Waals surface area contributed by atoms with Crippen LogP contribution in [0.2, 0.25) is 0 Å². The molecule has 0 atom stereocenters. The Morgan fingerprint density at radius 3 is 2.39 bits per heavy atom. The molecule has 2 N–H and O–H groups in total. The smallest absolute Gasteiger partial charge is 0.257 e. The molecule has 0 radical (unpaired) electrons. The highest BCUT2D eigenvalue weighted by atomic mass is 19.1. The predicted molar refractivity (Wildman–Crippen MR) is 109 cm³/mol. The second-order valence-corrected chi connectivity index (χ2v) is 7.02. The summed E-state index contributed by atoms with van der Waals surface area (Å²) < 4.78 is 13.5. The Labute approximate surface area is 162 Å². The van der Waals surface area contributed by atoms with E-state index in [1.54, 1.807) is 12.3 Å². The molecule has 0 saturated heterocycles. The summed E-state index contributed by atoms with van der Waals surface area (Å²) in [4.78, 5) is 14.5. The van der Waals surface area contributed by atoms with Crippen molar-refractivity contribution in [3.8, 4) is 0 Å². The van der Waals surface area contributed by atoms with Crippen molar-refractivity contribution in [2.75, 3.05) is 15.5 Å². The number of nitrogens with zero attached hydrogens (tertiary/aromatic N) is 1. The van der Waals surface area contributed by atoms with Crippen LogP contribution in [0, 0.1) is 5.82 Å². The third-order valence-electron chi connectivity index (χ3n) is 5.22. The van der Waals surface area contributed by atoms with E-state index in [9.17, 15) is 9.18 Å². The quantitative estimate of drug-likeness (QED) is 0.653. The molecule has 1 amide bonds. The number of fused-ring (bicyclic) bond motifs is 2. The molecule has 0 unspecified atom stereocenters. The first kappa shape index (κ1) is 16.6. The maximum absolute atomic E-state index is 13.5. The van der Waals surface area contributed by atoms with Gasteiger partial charge in [-0.1, -0.05) is 24.3 Å². The number of carbonyl (C=O) groups is 1. The molecule has 4 nitrogen and oxygen atoms in total. The fourth-order valence-electron chi connectivity index (χ4n) is 3.74. The summed E-state index contributed by atoms with van der Waals surface area (Å²) in [5, 5.41) is 5.89. The highest BCUT2D eigenvalue weighted by Crippen LogP contribution is 2.32. The first-order valence-electron chi connectivity index (χ1n) is 9.17. The number of amides is 1. The third kappa shape index (κ3) is 2.91. The van der Waals surface area contributed by atoms with E-state index < -0.39 is 0 Å². The van der Waals surface area contributed by atoms with Crippen LogP contribution in [0.4, 0.5) is 21.5 Å². The normalized spacial score (nSPS) is 16.1. The van der Waals surface area contributed by atoms with Gasteiger partial charge in [0.2, 0.25) is 0 Å². The largest absolute Gasteiger partial charge is 0.363 e. The van der Waals surface area contributed by atoms with E-state index in [-0.39, 0.29) is 11.7 Å². The molecule has 0 spiro atoms. The Bertz CT molecular complexity index is 1080. The van der Waals surface area contributed by atoms with Gasteiger partial charge in [-0.15, -0.1) is 0 Å².